The molecule has 1 atom stereocenters. The van der Waals surface area contributed by atoms with Gasteiger partial charge in [-0.1, -0.05) is 22.0 Å². The van der Waals surface area contributed by atoms with Gasteiger partial charge in [-0.3, -0.25) is 0 Å². The lowest BCUT2D eigenvalue weighted by atomic mass is 10.0. The van der Waals surface area contributed by atoms with Gasteiger partial charge in [0.15, 0.2) is 0 Å². The SMILES string of the molecule is C=CC[C@H](N)c1cc(Br)cc(C(F)(F)F)c1.Cl. The Morgan fingerprint density at radius 1 is 1.35 bits per heavy atom. The second-order valence-electron chi connectivity index (χ2n) is 3.40. The molecule has 0 amide bonds. The van der Waals surface area contributed by atoms with Crippen molar-refractivity contribution in [2.45, 2.75) is 18.6 Å². The Hall–Kier alpha value is -0.520. The van der Waals surface area contributed by atoms with E-state index in [0.29, 0.717) is 16.5 Å². The lowest BCUT2D eigenvalue weighted by molar-refractivity contribution is -0.137. The largest absolute Gasteiger partial charge is 0.416 e. The summed E-state index contributed by atoms with van der Waals surface area (Å²) in [5.74, 6) is 0. The minimum atomic E-state index is -4.35. The Morgan fingerprint density at radius 2 is 1.94 bits per heavy atom. The predicted octanol–water partition coefficient (Wildman–Crippen LogP) is 4.47. The topological polar surface area (TPSA) is 26.0 Å². The van der Waals surface area contributed by atoms with Crippen LogP contribution < -0.4 is 5.73 Å². The summed E-state index contributed by atoms with van der Waals surface area (Å²) in [4.78, 5) is 0. The van der Waals surface area contributed by atoms with E-state index in [1.165, 1.54) is 0 Å². The van der Waals surface area contributed by atoms with Gasteiger partial charge in [0.1, 0.15) is 0 Å². The van der Waals surface area contributed by atoms with Crippen molar-refractivity contribution in [3.63, 3.8) is 0 Å². The summed E-state index contributed by atoms with van der Waals surface area (Å²) in [5.41, 5.74) is 5.48. The number of hydrogen-bond donors (Lipinski definition) is 1. The molecule has 0 radical (unpaired) electrons. The first kappa shape index (κ1) is 16.5. The highest BCUT2D eigenvalue weighted by Gasteiger charge is 2.31. The fraction of sp³-hybridized carbons (Fsp3) is 0.273. The average molecular weight is 331 g/mol. The molecule has 0 fully saturated rings. The lowest BCUT2D eigenvalue weighted by Crippen LogP contribution is -2.12. The van der Waals surface area contributed by atoms with Crippen molar-refractivity contribution in [3.8, 4) is 0 Å². The number of alkyl halides is 3. The Bertz CT molecular complexity index is 393. The van der Waals surface area contributed by atoms with Crippen molar-refractivity contribution >= 4 is 28.3 Å². The molecule has 0 heterocycles. The molecule has 0 aliphatic rings. The molecule has 6 heteroatoms. The van der Waals surface area contributed by atoms with Crippen LogP contribution in [0.15, 0.2) is 35.3 Å². The molecular formula is C11H12BrClF3N. The van der Waals surface area contributed by atoms with Crippen LogP contribution in [0.3, 0.4) is 0 Å². The zero-order valence-corrected chi connectivity index (χ0v) is 11.2. The quantitative estimate of drug-likeness (QED) is 0.813. The van der Waals surface area contributed by atoms with Crippen LogP contribution in [0, 0.1) is 0 Å². The number of halogens is 5. The Balaban J connectivity index is 0.00000256. The molecule has 0 aliphatic heterocycles. The summed E-state index contributed by atoms with van der Waals surface area (Å²) in [7, 11) is 0. The molecule has 17 heavy (non-hydrogen) atoms. The van der Waals surface area contributed by atoms with E-state index in [2.05, 4.69) is 22.5 Å². The van der Waals surface area contributed by atoms with E-state index in [4.69, 9.17) is 5.73 Å². The number of benzene rings is 1. The van der Waals surface area contributed by atoms with Crippen LogP contribution in [0.2, 0.25) is 0 Å². The highest BCUT2D eigenvalue weighted by molar-refractivity contribution is 9.10. The van der Waals surface area contributed by atoms with E-state index < -0.39 is 17.8 Å². The van der Waals surface area contributed by atoms with Gasteiger partial charge in [0.05, 0.1) is 5.56 Å². The van der Waals surface area contributed by atoms with Crippen molar-refractivity contribution in [1.29, 1.82) is 0 Å². The summed E-state index contributed by atoms with van der Waals surface area (Å²) < 4.78 is 37.9. The third-order valence-electron chi connectivity index (χ3n) is 2.10. The van der Waals surface area contributed by atoms with E-state index in [-0.39, 0.29) is 12.4 Å². The molecule has 0 aromatic heterocycles. The highest BCUT2D eigenvalue weighted by Crippen LogP contribution is 2.33. The first-order chi connectivity index (χ1) is 7.34. The predicted molar refractivity (Wildman–Crippen MR) is 68.1 cm³/mol. The first-order valence-corrected chi connectivity index (χ1v) is 5.38. The van der Waals surface area contributed by atoms with Crippen molar-refractivity contribution < 1.29 is 13.2 Å². The lowest BCUT2D eigenvalue weighted by Gasteiger charge is -2.14. The van der Waals surface area contributed by atoms with Crippen LogP contribution in [0.25, 0.3) is 0 Å². The first-order valence-electron chi connectivity index (χ1n) is 4.58. The molecule has 0 spiro atoms. The molecule has 1 rings (SSSR count). The molecule has 0 saturated carbocycles. The molecule has 0 bridgehead atoms. The number of rotatable bonds is 3. The Labute approximate surface area is 112 Å². The van der Waals surface area contributed by atoms with E-state index in [1.807, 2.05) is 0 Å². The molecule has 1 aromatic rings. The Kier molecular flexibility index (Phi) is 6.23. The number of hydrogen-bond acceptors (Lipinski definition) is 1. The molecule has 1 aromatic carbocycles. The monoisotopic (exact) mass is 329 g/mol. The van der Waals surface area contributed by atoms with Gasteiger partial charge in [-0.2, -0.15) is 13.2 Å². The van der Waals surface area contributed by atoms with Crippen LogP contribution in [-0.2, 0) is 6.18 Å². The standard InChI is InChI=1S/C11H11BrF3N.ClH/c1-2-3-10(16)7-4-8(11(13,14)15)6-9(12)5-7;/h2,4-6,10H,1,3,16H2;1H/t10-;/m0./s1. The van der Waals surface area contributed by atoms with Gasteiger partial charge in [0.25, 0.3) is 0 Å². The minimum Gasteiger partial charge on any atom is -0.324 e. The molecule has 1 nitrogen and oxygen atoms in total. The van der Waals surface area contributed by atoms with Crippen LogP contribution in [0.1, 0.15) is 23.6 Å². The van der Waals surface area contributed by atoms with Crippen LogP contribution in [-0.4, -0.2) is 0 Å². The van der Waals surface area contributed by atoms with Gasteiger partial charge in [-0.05, 0) is 30.2 Å². The molecular weight excluding hydrogens is 318 g/mol. The van der Waals surface area contributed by atoms with Crippen LogP contribution in [0.5, 0.6) is 0 Å². The average Bonchev–Trinajstić information content (AvgIpc) is 2.16. The van der Waals surface area contributed by atoms with Crippen molar-refractivity contribution in [3.05, 3.63) is 46.5 Å². The van der Waals surface area contributed by atoms with E-state index >= 15 is 0 Å². The van der Waals surface area contributed by atoms with Crippen molar-refractivity contribution in [2.75, 3.05) is 0 Å². The van der Waals surface area contributed by atoms with Gasteiger partial charge >= 0.3 is 6.18 Å². The smallest absolute Gasteiger partial charge is 0.324 e. The van der Waals surface area contributed by atoms with Crippen LogP contribution in [0.4, 0.5) is 13.2 Å². The maximum Gasteiger partial charge on any atom is 0.416 e. The zero-order chi connectivity index (χ0) is 12.3. The summed E-state index contributed by atoms with van der Waals surface area (Å²) in [6.07, 6.45) is -2.33. The molecule has 0 unspecified atom stereocenters. The van der Waals surface area contributed by atoms with Gasteiger partial charge in [-0.25, -0.2) is 0 Å². The van der Waals surface area contributed by atoms with E-state index in [1.54, 1.807) is 12.1 Å². The number of nitrogens with two attached hydrogens (primary N) is 1. The second kappa shape index (κ2) is 6.42. The normalized spacial score (nSPS) is 12.8. The van der Waals surface area contributed by atoms with E-state index in [0.717, 1.165) is 12.1 Å². The van der Waals surface area contributed by atoms with Gasteiger partial charge in [0, 0.05) is 10.5 Å². The van der Waals surface area contributed by atoms with Gasteiger partial charge < -0.3 is 5.73 Å². The second-order valence-corrected chi connectivity index (χ2v) is 4.32. The third kappa shape index (κ3) is 4.69. The molecule has 96 valence electrons. The molecule has 2 N–H and O–H groups in total. The van der Waals surface area contributed by atoms with Crippen molar-refractivity contribution in [1.82, 2.24) is 0 Å². The highest BCUT2D eigenvalue weighted by atomic mass is 79.9. The maximum absolute atomic E-state index is 12.5. The fourth-order valence-electron chi connectivity index (χ4n) is 1.31. The molecule has 0 saturated heterocycles. The maximum atomic E-state index is 12.5. The minimum absolute atomic E-state index is 0. The van der Waals surface area contributed by atoms with E-state index in [9.17, 15) is 13.2 Å². The molecule has 0 aliphatic carbocycles. The summed E-state index contributed by atoms with van der Waals surface area (Å²) in [5, 5.41) is 0. The van der Waals surface area contributed by atoms with Crippen LogP contribution >= 0.6 is 28.3 Å². The summed E-state index contributed by atoms with van der Waals surface area (Å²) in [6.45, 7) is 3.51. The third-order valence-corrected chi connectivity index (χ3v) is 2.55. The van der Waals surface area contributed by atoms with Crippen molar-refractivity contribution in [2.24, 2.45) is 5.73 Å². The van der Waals surface area contributed by atoms with Gasteiger partial charge in [-0.15, -0.1) is 19.0 Å². The Morgan fingerprint density at radius 3 is 2.41 bits per heavy atom. The summed E-state index contributed by atoms with van der Waals surface area (Å²) in [6, 6.07) is 3.23. The van der Waals surface area contributed by atoms with Gasteiger partial charge in [0.2, 0.25) is 0 Å². The zero-order valence-electron chi connectivity index (χ0n) is 8.80. The summed E-state index contributed by atoms with van der Waals surface area (Å²) >= 11 is 3.04. The fourth-order valence-corrected chi connectivity index (χ4v) is 1.82.